The van der Waals surface area contributed by atoms with Crippen LogP contribution in [0.25, 0.3) is 0 Å². The van der Waals surface area contributed by atoms with Gasteiger partial charge in [-0.1, -0.05) is 13.8 Å². The fourth-order valence-electron chi connectivity index (χ4n) is 2.56. The highest BCUT2D eigenvalue weighted by Crippen LogP contribution is 2.42. The quantitative estimate of drug-likeness (QED) is 0.661. The molecule has 0 aromatic carbocycles. The van der Waals surface area contributed by atoms with Crippen LogP contribution < -0.4 is 5.32 Å². The van der Waals surface area contributed by atoms with E-state index >= 15 is 0 Å². The SMILES string of the molecule is CCOC1CC(NCCOCC2CC2)C1(C)C. The summed E-state index contributed by atoms with van der Waals surface area (Å²) in [5.74, 6) is 0.873. The Balaban J connectivity index is 1.54. The standard InChI is InChI=1S/C14H27NO2/c1-4-17-13-9-12(14(13,2)3)15-7-8-16-10-11-5-6-11/h11-13,15H,4-10H2,1-3H3. The largest absolute Gasteiger partial charge is 0.380 e. The van der Waals surface area contributed by atoms with Crippen molar-refractivity contribution in [3.05, 3.63) is 0 Å². The van der Waals surface area contributed by atoms with Crippen molar-refractivity contribution in [2.45, 2.75) is 52.2 Å². The maximum absolute atomic E-state index is 5.72. The van der Waals surface area contributed by atoms with Gasteiger partial charge in [-0.25, -0.2) is 0 Å². The molecular formula is C14H27NO2. The third-order valence-electron chi connectivity index (χ3n) is 4.23. The summed E-state index contributed by atoms with van der Waals surface area (Å²) in [7, 11) is 0. The lowest BCUT2D eigenvalue weighted by Crippen LogP contribution is -2.61. The highest BCUT2D eigenvalue weighted by Gasteiger charge is 2.48. The van der Waals surface area contributed by atoms with Crippen molar-refractivity contribution in [2.75, 3.05) is 26.4 Å². The average Bonchev–Trinajstić information content (AvgIpc) is 3.10. The summed E-state index contributed by atoms with van der Waals surface area (Å²) >= 11 is 0. The molecule has 0 aromatic rings. The van der Waals surface area contributed by atoms with Gasteiger partial charge in [0.15, 0.2) is 0 Å². The van der Waals surface area contributed by atoms with Crippen molar-refractivity contribution in [3.8, 4) is 0 Å². The number of rotatable bonds is 8. The summed E-state index contributed by atoms with van der Waals surface area (Å²) < 4.78 is 11.3. The molecule has 1 N–H and O–H groups in total. The maximum atomic E-state index is 5.72. The first-order valence-corrected chi connectivity index (χ1v) is 7.07. The predicted molar refractivity (Wildman–Crippen MR) is 69.1 cm³/mol. The summed E-state index contributed by atoms with van der Waals surface area (Å²) in [5, 5.41) is 3.59. The lowest BCUT2D eigenvalue weighted by atomic mass is 9.64. The van der Waals surface area contributed by atoms with Crippen molar-refractivity contribution < 1.29 is 9.47 Å². The van der Waals surface area contributed by atoms with Crippen molar-refractivity contribution in [1.82, 2.24) is 5.32 Å². The van der Waals surface area contributed by atoms with Crippen LogP contribution in [0.2, 0.25) is 0 Å². The third kappa shape index (κ3) is 3.43. The van der Waals surface area contributed by atoms with Gasteiger partial charge in [0.25, 0.3) is 0 Å². The molecule has 2 fully saturated rings. The Morgan fingerprint density at radius 2 is 2.06 bits per heavy atom. The monoisotopic (exact) mass is 241 g/mol. The van der Waals surface area contributed by atoms with E-state index in [9.17, 15) is 0 Å². The number of hydrogen-bond acceptors (Lipinski definition) is 3. The van der Waals surface area contributed by atoms with E-state index in [0.29, 0.717) is 12.1 Å². The minimum atomic E-state index is 0.270. The highest BCUT2D eigenvalue weighted by atomic mass is 16.5. The van der Waals surface area contributed by atoms with Crippen LogP contribution in [-0.2, 0) is 9.47 Å². The van der Waals surface area contributed by atoms with Crippen LogP contribution in [0.1, 0.15) is 40.0 Å². The number of hydrogen-bond donors (Lipinski definition) is 1. The summed E-state index contributed by atoms with van der Waals surface area (Å²) in [5.41, 5.74) is 0.270. The predicted octanol–water partition coefficient (Wildman–Crippen LogP) is 2.21. The molecule has 2 atom stereocenters. The van der Waals surface area contributed by atoms with Crippen molar-refractivity contribution in [3.63, 3.8) is 0 Å². The topological polar surface area (TPSA) is 30.5 Å². The molecule has 2 rings (SSSR count). The molecule has 0 amide bonds. The molecular weight excluding hydrogens is 214 g/mol. The second-order valence-corrected chi connectivity index (χ2v) is 6.03. The van der Waals surface area contributed by atoms with E-state index in [1.54, 1.807) is 0 Å². The van der Waals surface area contributed by atoms with Crippen LogP contribution in [0.5, 0.6) is 0 Å². The normalized spacial score (nSPS) is 31.2. The Hall–Kier alpha value is -0.120. The molecule has 0 saturated heterocycles. The molecule has 0 radical (unpaired) electrons. The second-order valence-electron chi connectivity index (χ2n) is 6.03. The van der Waals surface area contributed by atoms with Gasteiger partial charge in [0, 0.05) is 31.2 Å². The van der Waals surface area contributed by atoms with Crippen LogP contribution >= 0.6 is 0 Å². The summed E-state index contributed by atoms with van der Waals surface area (Å²) in [6.07, 6.45) is 4.32. The Kier molecular flexibility index (Phi) is 4.45. The molecule has 3 heteroatoms. The molecule has 2 unspecified atom stereocenters. The van der Waals surface area contributed by atoms with Crippen molar-refractivity contribution in [1.29, 1.82) is 0 Å². The van der Waals surface area contributed by atoms with E-state index in [1.165, 1.54) is 12.8 Å². The zero-order valence-corrected chi connectivity index (χ0v) is 11.5. The summed E-state index contributed by atoms with van der Waals surface area (Å²) in [4.78, 5) is 0. The molecule has 17 heavy (non-hydrogen) atoms. The van der Waals surface area contributed by atoms with E-state index in [0.717, 1.165) is 38.7 Å². The van der Waals surface area contributed by atoms with Gasteiger partial charge in [0.05, 0.1) is 12.7 Å². The van der Waals surface area contributed by atoms with E-state index in [-0.39, 0.29) is 5.41 Å². The first kappa shape index (κ1) is 13.3. The fourth-order valence-corrected chi connectivity index (χ4v) is 2.56. The van der Waals surface area contributed by atoms with Crippen LogP contribution in [0.15, 0.2) is 0 Å². The zero-order valence-electron chi connectivity index (χ0n) is 11.5. The lowest BCUT2D eigenvalue weighted by molar-refractivity contribution is -0.114. The first-order chi connectivity index (χ1) is 8.14. The first-order valence-electron chi connectivity index (χ1n) is 7.07. The lowest BCUT2D eigenvalue weighted by Gasteiger charge is -2.52. The Bertz CT molecular complexity index is 238. The van der Waals surface area contributed by atoms with Gasteiger partial charge >= 0.3 is 0 Å². The zero-order chi connectivity index (χ0) is 12.3. The molecule has 2 aliphatic rings. The molecule has 0 spiro atoms. The van der Waals surface area contributed by atoms with Gasteiger partial charge < -0.3 is 14.8 Å². The van der Waals surface area contributed by atoms with Gasteiger partial charge in [-0.3, -0.25) is 0 Å². The Labute approximate surface area is 105 Å². The molecule has 0 aromatic heterocycles. The maximum Gasteiger partial charge on any atom is 0.0655 e. The average molecular weight is 241 g/mol. The van der Waals surface area contributed by atoms with E-state index in [4.69, 9.17) is 9.47 Å². The van der Waals surface area contributed by atoms with E-state index < -0.39 is 0 Å². The van der Waals surface area contributed by atoms with E-state index in [2.05, 4.69) is 26.1 Å². The third-order valence-corrected chi connectivity index (χ3v) is 4.23. The smallest absolute Gasteiger partial charge is 0.0655 e. The molecule has 2 saturated carbocycles. The van der Waals surface area contributed by atoms with Crippen LogP contribution in [0.4, 0.5) is 0 Å². The van der Waals surface area contributed by atoms with Crippen LogP contribution in [0, 0.1) is 11.3 Å². The van der Waals surface area contributed by atoms with Crippen LogP contribution in [0.3, 0.4) is 0 Å². The molecule has 0 heterocycles. The summed E-state index contributed by atoms with van der Waals surface area (Å²) in [6.45, 7) is 10.3. The summed E-state index contributed by atoms with van der Waals surface area (Å²) in [6, 6.07) is 0.587. The second kappa shape index (κ2) is 5.68. The minimum absolute atomic E-state index is 0.270. The number of ether oxygens (including phenoxy) is 2. The van der Waals surface area contributed by atoms with Crippen LogP contribution in [-0.4, -0.2) is 38.5 Å². The molecule has 2 aliphatic carbocycles. The van der Waals surface area contributed by atoms with Crippen molar-refractivity contribution >= 4 is 0 Å². The minimum Gasteiger partial charge on any atom is -0.380 e. The van der Waals surface area contributed by atoms with Gasteiger partial charge in [0.2, 0.25) is 0 Å². The van der Waals surface area contributed by atoms with Gasteiger partial charge in [-0.15, -0.1) is 0 Å². The fraction of sp³-hybridized carbons (Fsp3) is 1.00. The number of nitrogens with one attached hydrogen (secondary N) is 1. The Morgan fingerprint density at radius 3 is 2.65 bits per heavy atom. The molecule has 0 aliphatic heterocycles. The van der Waals surface area contributed by atoms with Gasteiger partial charge in [-0.2, -0.15) is 0 Å². The van der Waals surface area contributed by atoms with Gasteiger partial charge in [-0.05, 0) is 32.1 Å². The molecule has 0 bridgehead atoms. The molecule has 100 valence electrons. The van der Waals surface area contributed by atoms with E-state index in [1.807, 2.05) is 0 Å². The highest BCUT2D eigenvalue weighted by molar-refractivity contribution is 5.02. The van der Waals surface area contributed by atoms with Gasteiger partial charge in [0.1, 0.15) is 0 Å². The Morgan fingerprint density at radius 1 is 1.29 bits per heavy atom. The van der Waals surface area contributed by atoms with Crippen molar-refractivity contribution in [2.24, 2.45) is 11.3 Å². The molecule has 3 nitrogen and oxygen atoms in total.